The van der Waals surface area contributed by atoms with Gasteiger partial charge >= 0.3 is 0 Å². The molecule has 2 aliphatic heterocycles. The van der Waals surface area contributed by atoms with Gasteiger partial charge in [-0.2, -0.15) is 0 Å². The lowest BCUT2D eigenvalue weighted by Crippen LogP contribution is -2.48. The van der Waals surface area contributed by atoms with Gasteiger partial charge in [-0.05, 0) is 31.2 Å². The number of hydrogen-bond acceptors (Lipinski definition) is 7. The molecule has 5 rings (SSSR count). The third kappa shape index (κ3) is 5.70. The molecular formula is C25H28Cl2N6O3. The summed E-state index contributed by atoms with van der Waals surface area (Å²) in [6.45, 7) is 8.36. The van der Waals surface area contributed by atoms with Crippen molar-refractivity contribution >= 4 is 41.3 Å². The summed E-state index contributed by atoms with van der Waals surface area (Å²) < 4.78 is 7.63. The minimum absolute atomic E-state index is 0.250. The van der Waals surface area contributed by atoms with Crippen LogP contribution in [0.4, 0.5) is 5.95 Å². The average Bonchev–Trinajstić information content (AvgIpc) is 3.23. The molecule has 0 saturated carbocycles. The van der Waals surface area contributed by atoms with Gasteiger partial charge in [-0.3, -0.25) is 19.3 Å². The summed E-state index contributed by atoms with van der Waals surface area (Å²) in [5, 5.41) is 17.3. The smallest absolute Gasteiger partial charge is 0.290 e. The van der Waals surface area contributed by atoms with Gasteiger partial charge in [0.2, 0.25) is 5.95 Å². The minimum atomic E-state index is -0.250. The lowest BCUT2D eigenvalue weighted by atomic mass is 10.0. The first kappa shape index (κ1) is 26.1. The number of benzene rings is 2. The van der Waals surface area contributed by atoms with Crippen LogP contribution in [0.25, 0.3) is 5.69 Å². The Morgan fingerprint density at radius 2 is 1.81 bits per heavy atom. The fourth-order valence-corrected chi connectivity index (χ4v) is 4.78. The van der Waals surface area contributed by atoms with E-state index in [1.54, 1.807) is 0 Å². The van der Waals surface area contributed by atoms with Gasteiger partial charge in [-0.1, -0.05) is 41.4 Å². The van der Waals surface area contributed by atoms with Crippen LogP contribution in [-0.2, 0) is 16.1 Å². The van der Waals surface area contributed by atoms with Crippen LogP contribution in [-0.4, -0.2) is 82.9 Å². The van der Waals surface area contributed by atoms with Crippen molar-refractivity contribution in [2.24, 2.45) is 4.99 Å². The quantitative estimate of drug-likeness (QED) is 0.382. The van der Waals surface area contributed by atoms with Crippen LogP contribution >= 0.6 is 23.2 Å². The summed E-state index contributed by atoms with van der Waals surface area (Å²) in [6, 6.07) is 13.6. The summed E-state index contributed by atoms with van der Waals surface area (Å²) in [7, 11) is 0. The summed E-state index contributed by atoms with van der Waals surface area (Å²) in [4.78, 5) is 18.0. The summed E-state index contributed by atoms with van der Waals surface area (Å²) >= 11 is 13.0. The number of rotatable bonds is 6. The second kappa shape index (κ2) is 12.3. The first-order valence-electron chi connectivity index (χ1n) is 11.7. The van der Waals surface area contributed by atoms with E-state index in [9.17, 15) is 0 Å². The van der Waals surface area contributed by atoms with E-state index in [0.717, 1.165) is 80.2 Å². The molecule has 1 fully saturated rings. The number of hydrogen-bond donors (Lipinski definition) is 1. The number of nitrogens with zero attached hydrogens (tertiary/aromatic N) is 6. The van der Waals surface area contributed by atoms with E-state index in [2.05, 4.69) is 24.6 Å². The molecule has 36 heavy (non-hydrogen) atoms. The zero-order chi connectivity index (χ0) is 25.5. The van der Waals surface area contributed by atoms with Crippen molar-refractivity contribution in [1.29, 1.82) is 0 Å². The molecule has 2 aromatic carbocycles. The van der Waals surface area contributed by atoms with E-state index in [-0.39, 0.29) is 6.47 Å². The van der Waals surface area contributed by atoms with Crippen LogP contribution in [0.1, 0.15) is 23.9 Å². The first-order chi connectivity index (χ1) is 17.6. The summed E-state index contributed by atoms with van der Waals surface area (Å²) in [5.41, 5.74) is 3.58. The van der Waals surface area contributed by atoms with Crippen LogP contribution in [0.5, 0.6) is 0 Å². The number of aromatic nitrogens is 3. The zero-order valence-electron chi connectivity index (χ0n) is 20.0. The predicted molar refractivity (Wildman–Crippen MR) is 141 cm³/mol. The normalized spacial score (nSPS) is 15.2. The Bertz CT molecular complexity index is 1220. The fourth-order valence-electron chi connectivity index (χ4n) is 4.38. The molecule has 1 aromatic heterocycles. The molecule has 1 saturated heterocycles. The van der Waals surface area contributed by atoms with Gasteiger partial charge in [0.1, 0.15) is 6.54 Å². The summed E-state index contributed by atoms with van der Waals surface area (Å²) in [6.07, 6.45) is 0. The van der Waals surface area contributed by atoms with Gasteiger partial charge in [0.25, 0.3) is 6.47 Å². The first-order valence-corrected chi connectivity index (χ1v) is 12.5. The van der Waals surface area contributed by atoms with Crippen LogP contribution in [0, 0.1) is 0 Å². The topological polar surface area (TPSA) is 96.1 Å². The molecule has 0 bridgehead atoms. The van der Waals surface area contributed by atoms with E-state index >= 15 is 0 Å². The highest BCUT2D eigenvalue weighted by Gasteiger charge is 2.28. The molecule has 0 spiro atoms. The largest absolute Gasteiger partial charge is 0.483 e. The molecule has 9 nitrogen and oxygen atoms in total. The fraction of sp³-hybridized carbons (Fsp3) is 0.360. The molecule has 0 atom stereocenters. The molecule has 0 radical (unpaired) electrons. The number of piperazine rings is 1. The molecule has 0 unspecified atom stereocenters. The number of anilines is 1. The van der Waals surface area contributed by atoms with Crippen LogP contribution in [0.3, 0.4) is 0 Å². The van der Waals surface area contributed by atoms with Gasteiger partial charge < -0.3 is 14.7 Å². The lowest BCUT2D eigenvalue weighted by molar-refractivity contribution is -0.122. The molecule has 190 valence electrons. The van der Waals surface area contributed by atoms with E-state index in [0.29, 0.717) is 16.6 Å². The Morgan fingerprint density at radius 1 is 1.06 bits per heavy atom. The molecule has 0 aliphatic carbocycles. The number of carboxylic acid groups (broad SMARTS) is 1. The second-order valence-electron chi connectivity index (χ2n) is 8.19. The van der Waals surface area contributed by atoms with Crippen molar-refractivity contribution in [2.75, 3.05) is 50.8 Å². The van der Waals surface area contributed by atoms with Crippen molar-refractivity contribution in [3.05, 3.63) is 69.5 Å². The Hall–Kier alpha value is -2.98. The Balaban J connectivity index is 0.000000967. The van der Waals surface area contributed by atoms with Gasteiger partial charge in [-0.15, -0.1) is 10.2 Å². The number of ether oxygens (including phenoxy) is 1. The van der Waals surface area contributed by atoms with Crippen molar-refractivity contribution in [2.45, 2.75) is 13.5 Å². The maximum Gasteiger partial charge on any atom is 0.290 e. The predicted octanol–water partition coefficient (Wildman–Crippen LogP) is 3.78. The molecule has 2 aliphatic rings. The van der Waals surface area contributed by atoms with Crippen molar-refractivity contribution < 1.29 is 14.6 Å². The molecule has 0 amide bonds. The van der Waals surface area contributed by atoms with Gasteiger partial charge in [0.15, 0.2) is 5.82 Å². The SMILES string of the molecule is CCOCCN1CCN(c2nnc3n2-c2ccc(Cl)cc2C(c2ccccc2Cl)=NC3)CC1.O=CO. The molecule has 3 heterocycles. The van der Waals surface area contributed by atoms with Crippen molar-refractivity contribution in [3.8, 4) is 5.69 Å². The molecule has 1 N–H and O–H groups in total. The second-order valence-corrected chi connectivity index (χ2v) is 9.03. The summed E-state index contributed by atoms with van der Waals surface area (Å²) in [5.74, 6) is 1.64. The number of halogens is 2. The van der Waals surface area contributed by atoms with Crippen molar-refractivity contribution in [3.63, 3.8) is 0 Å². The van der Waals surface area contributed by atoms with Crippen LogP contribution in [0.15, 0.2) is 47.5 Å². The molecule has 11 heteroatoms. The Labute approximate surface area is 219 Å². The number of carbonyl (C=O) groups is 1. The highest BCUT2D eigenvalue weighted by Crippen LogP contribution is 2.32. The zero-order valence-corrected chi connectivity index (χ0v) is 21.5. The third-order valence-corrected chi connectivity index (χ3v) is 6.65. The monoisotopic (exact) mass is 530 g/mol. The number of aliphatic imine (C=N–C) groups is 1. The number of fused-ring (bicyclic) bond motifs is 3. The lowest BCUT2D eigenvalue weighted by Gasteiger charge is -2.35. The highest BCUT2D eigenvalue weighted by molar-refractivity contribution is 6.36. The van der Waals surface area contributed by atoms with Gasteiger partial charge in [0.05, 0.1) is 18.0 Å². The Kier molecular flexibility index (Phi) is 8.93. The van der Waals surface area contributed by atoms with Crippen LogP contribution in [0.2, 0.25) is 10.0 Å². The molecular weight excluding hydrogens is 503 g/mol. The van der Waals surface area contributed by atoms with Gasteiger partial charge in [-0.25, -0.2) is 0 Å². The minimum Gasteiger partial charge on any atom is -0.483 e. The van der Waals surface area contributed by atoms with Gasteiger partial charge in [0, 0.05) is 60.5 Å². The van der Waals surface area contributed by atoms with Crippen LogP contribution < -0.4 is 4.90 Å². The maximum absolute atomic E-state index is 8.36. The van der Waals surface area contributed by atoms with E-state index in [1.807, 2.05) is 49.4 Å². The van der Waals surface area contributed by atoms with E-state index in [4.69, 9.17) is 42.8 Å². The highest BCUT2D eigenvalue weighted by atomic mass is 35.5. The molecule has 3 aromatic rings. The standard InChI is InChI=1S/C24H26Cl2N6O.CH2O2/c1-2-33-14-13-30-9-11-31(12-10-30)24-29-28-22-16-27-23(18-5-3-4-6-20(18)26)19-15-17(25)7-8-21(19)32(22)24;2-1-3/h3-8,15H,2,9-14,16H2,1H3;1H,(H,2,3). The Morgan fingerprint density at radius 3 is 2.53 bits per heavy atom. The average molecular weight is 531 g/mol. The van der Waals surface area contributed by atoms with Crippen molar-refractivity contribution in [1.82, 2.24) is 19.7 Å². The van der Waals surface area contributed by atoms with E-state index in [1.165, 1.54) is 0 Å². The third-order valence-electron chi connectivity index (χ3n) is 6.09. The van der Waals surface area contributed by atoms with E-state index < -0.39 is 0 Å². The maximum atomic E-state index is 8.36.